The Hall–Kier alpha value is -0.350. The lowest BCUT2D eigenvalue weighted by atomic mass is 10.1. The summed E-state index contributed by atoms with van der Waals surface area (Å²) in [6.07, 6.45) is 1.22. The second kappa shape index (κ2) is 6.40. The lowest BCUT2D eigenvalue weighted by molar-refractivity contribution is 0.486. The largest absolute Gasteiger partial charge is 0.311 e. The van der Waals surface area contributed by atoms with Gasteiger partial charge in [-0.05, 0) is 42.2 Å². The number of rotatable bonds is 6. The Morgan fingerprint density at radius 1 is 1.44 bits per heavy atom. The van der Waals surface area contributed by atoms with E-state index in [1.165, 1.54) is 12.1 Å². The molecule has 0 saturated carbocycles. The molecule has 16 heavy (non-hydrogen) atoms. The van der Waals surface area contributed by atoms with Crippen LogP contribution in [-0.2, 0) is 13.1 Å². The molecule has 1 aromatic rings. The average molecular weight is 288 g/mol. The normalized spacial score (nSPS) is 13.1. The SMILES string of the molecule is CCC(C)CNCc1c(Br)c(C)nn1CC. The predicted molar refractivity (Wildman–Crippen MR) is 71.5 cm³/mol. The van der Waals surface area contributed by atoms with Crippen molar-refractivity contribution in [1.29, 1.82) is 0 Å². The summed E-state index contributed by atoms with van der Waals surface area (Å²) in [4.78, 5) is 0. The highest BCUT2D eigenvalue weighted by molar-refractivity contribution is 9.10. The minimum atomic E-state index is 0.734. The van der Waals surface area contributed by atoms with Gasteiger partial charge >= 0.3 is 0 Å². The lowest BCUT2D eigenvalue weighted by Gasteiger charge is -2.11. The van der Waals surface area contributed by atoms with Gasteiger partial charge in [0, 0.05) is 13.1 Å². The summed E-state index contributed by atoms with van der Waals surface area (Å²) in [6, 6.07) is 0. The third kappa shape index (κ3) is 3.32. The zero-order valence-electron chi connectivity index (χ0n) is 10.7. The second-order valence-electron chi connectivity index (χ2n) is 4.31. The van der Waals surface area contributed by atoms with Gasteiger partial charge in [-0.2, -0.15) is 5.10 Å². The maximum absolute atomic E-state index is 4.48. The van der Waals surface area contributed by atoms with Gasteiger partial charge in [-0.3, -0.25) is 4.68 Å². The number of aromatic nitrogens is 2. The van der Waals surface area contributed by atoms with Crippen LogP contribution < -0.4 is 5.32 Å². The summed E-state index contributed by atoms with van der Waals surface area (Å²) >= 11 is 3.60. The van der Waals surface area contributed by atoms with Crippen LogP contribution in [0.3, 0.4) is 0 Å². The van der Waals surface area contributed by atoms with Crippen molar-refractivity contribution in [3.63, 3.8) is 0 Å². The highest BCUT2D eigenvalue weighted by atomic mass is 79.9. The maximum atomic E-state index is 4.48. The summed E-state index contributed by atoms with van der Waals surface area (Å²) in [6.45, 7) is 11.5. The van der Waals surface area contributed by atoms with Crippen molar-refractivity contribution < 1.29 is 0 Å². The van der Waals surface area contributed by atoms with Crippen LogP contribution in [0.1, 0.15) is 38.6 Å². The van der Waals surface area contributed by atoms with E-state index in [1.807, 2.05) is 6.92 Å². The molecule has 1 heterocycles. The first-order valence-electron chi connectivity index (χ1n) is 6.02. The van der Waals surface area contributed by atoms with E-state index < -0.39 is 0 Å². The first kappa shape index (κ1) is 13.7. The molecule has 0 amide bonds. The summed E-state index contributed by atoms with van der Waals surface area (Å²) in [7, 11) is 0. The van der Waals surface area contributed by atoms with Crippen LogP contribution in [0.25, 0.3) is 0 Å². The number of aryl methyl sites for hydroxylation is 2. The third-order valence-corrected chi connectivity index (χ3v) is 3.97. The molecule has 0 aromatic carbocycles. The fraction of sp³-hybridized carbons (Fsp3) is 0.750. The predicted octanol–water partition coefficient (Wildman–Crippen LogP) is 3.11. The number of halogens is 1. The van der Waals surface area contributed by atoms with Gasteiger partial charge in [0.05, 0.1) is 15.9 Å². The summed E-state index contributed by atoms with van der Waals surface area (Å²) in [5, 5.41) is 7.97. The van der Waals surface area contributed by atoms with Crippen LogP contribution in [-0.4, -0.2) is 16.3 Å². The molecule has 4 heteroatoms. The number of hydrogen-bond acceptors (Lipinski definition) is 2. The first-order chi connectivity index (χ1) is 7.60. The van der Waals surface area contributed by atoms with E-state index in [4.69, 9.17) is 0 Å². The van der Waals surface area contributed by atoms with Gasteiger partial charge in [-0.25, -0.2) is 0 Å². The van der Waals surface area contributed by atoms with Gasteiger partial charge in [0.1, 0.15) is 0 Å². The monoisotopic (exact) mass is 287 g/mol. The molecule has 1 aromatic heterocycles. The van der Waals surface area contributed by atoms with Gasteiger partial charge in [0.15, 0.2) is 0 Å². The highest BCUT2D eigenvalue weighted by Crippen LogP contribution is 2.20. The molecular formula is C12H22BrN3. The molecule has 0 spiro atoms. The molecular weight excluding hydrogens is 266 g/mol. The molecule has 3 nitrogen and oxygen atoms in total. The van der Waals surface area contributed by atoms with E-state index in [-0.39, 0.29) is 0 Å². The molecule has 0 fully saturated rings. The van der Waals surface area contributed by atoms with E-state index in [2.05, 4.69) is 51.8 Å². The highest BCUT2D eigenvalue weighted by Gasteiger charge is 2.11. The van der Waals surface area contributed by atoms with Crippen molar-refractivity contribution in [2.24, 2.45) is 5.92 Å². The Labute approximate surface area is 107 Å². The van der Waals surface area contributed by atoms with E-state index in [0.29, 0.717) is 0 Å². The van der Waals surface area contributed by atoms with Crippen LogP contribution >= 0.6 is 15.9 Å². The van der Waals surface area contributed by atoms with Crippen molar-refractivity contribution in [2.75, 3.05) is 6.54 Å². The fourth-order valence-corrected chi connectivity index (χ4v) is 2.04. The van der Waals surface area contributed by atoms with E-state index in [9.17, 15) is 0 Å². The van der Waals surface area contributed by atoms with Gasteiger partial charge in [-0.15, -0.1) is 0 Å². The molecule has 0 saturated heterocycles. The van der Waals surface area contributed by atoms with Crippen LogP contribution in [0.5, 0.6) is 0 Å². The summed E-state index contributed by atoms with van der Waals surface area (Å²) in [5.41, 5.74) is 2.32. The van der Waals surface area contributed by atoms with Crippen LogP contribution in [0.15, 0.2) is 4.47 Å². The number of nitrogens with zero attached hydrogens (tertiary/aromatic N) is 2. The van der Waals surface area contributed by atoms with Gasteiger partial charge in [0.2, 0.25) is 0 Å². The van der Waals surface area contributed by atoms with Crippen molar-refractivity contribution in [1.82, 2.24) is 15.1 Å². The molecule has 0 aliphatic carbocycles. The minimum absolute atomic E-state index is 0.734. The zero-order chi connectivity index (χ0) is 12.1. The van der Waals surface area contributed by atoms with Crippen molar-refractivity contribution in [3.8, 4) is 0 Å². The topological polar surface area (TPSA) is 29.9 Å². The van der Waals surface area contributed by atoms with E-state index in [0.717, 1.165) is 35.7 Å². The summed E-state index contributed by atoms with van der Waals surface area (Å²) < 4.78 is 3.20. The molecule has 92 valence electrons. The smallest absolute Gasteiger partial charge is 0.0739 e. The Kier molecular flexibility index (Phi) is 5.49. The van der Waals surface area contributed by atoms with E-state index in [1.54, 1.807) is 0 Å². The maximum Gasteiger partial charge on any atom is 0.0739 e. The minimum Gasteiger partial charge on any atom is -0.311 e. The van der Waals surface area contributed by atoms with Crippen molar-refractivity contribution in [3.05, 3.63) is 15.9 Å². The Bertz CT molecular complexity index is 333. The van der Waals surface area contributed by atoms with Gasteiger partial charge < -0.3 is 5.32 Å². The Balaban J connectivity index is 2.59. The summed E-state index contributed by atoms with van der Waals surface area (Å²) in [5.74, 6) is 0.734. The Morgan fingerprint density at radius 2 is 2.12 bits per heavy atom. The van der Waals surface area contributed by atoms with Gasteiger partial charge in [-0.1, -0.05) is 20.3 Å². The molecule has 1 atom stereocenters. The van der Waals surface area contributed by atoms with Crippen molar-refractivity contribution in [2.45, 2.75) is 47.2 Å². The van der Waals surface area contributed by atoms with Crippen LogP contribution in [0.4, 0.5) is 0 Å². The Morgan fingerprint density at radius 3 is 2.69 bits per heavy atom. The first-order valence-corrected chi connectivity index (χ1v) is 6.81. The standard InChI is InChI=1S/C12H22BrN3/c1-5-9(3)7-14-8-11-12(13)10(4)15-16(11)6-2/h9,14H,5-8H2,1-4H3. The zero-order valence-corrected chi connectivity index (χ0v) is 12.3. The fourth-order valence-electron chi connectivity index (χ4n) is 1.62. The lowest BCUT2D eigenvalue weighted by Crippen LogP contribution is -2.22. The molecule has 0 bridgehead atoms. The van der Waals surface area contributed by atoms with Gasteiger partial charge in [0.25, 0.3) is 0 Å². The second-order valence-corrected chi connectivity index (χ2v) is 5.10. The molecule has 1 rings (SSSR count). The van der Waals surface area contributed by atoms with Crippen LogP contribution in [0, 0.1) is 12.8 Å². The molecule has 1 N–H and O–H groups in total. The molecule has 1 unspecified atom stereocenters. The molecule has 0 aliphatic rings. The third-order valence-electron chi connectivity index (χ3n) is 2.93. The van der Waals surface area contributed by atoms with Crippen LogP contribution in [0.2, 0.25) is 0 Å². The molecule has 0 radical (unpaired) electrons. The average Bonchev–Trinajstić information content (AvgIpc) is 2.56. The van der Waals surface area contributed by atoms with E-state index >= 15 is 0 Å². The van der Waals surface area contributed by atoms with Crippen molar-refractivity contribution >= 4 is 15.9 Å². The quantitative estimate of drug-likeness (QED) is 0.871. The molecule has 0 aliphatic heterocycles. The number of nitrogens with one attached hydrogen (secondary N) is 1. The number of hydrogen-bond donors (Lipinski definition) is 1.